The molecule has 8 nitrogen and oxygen atoms in total. The van der Waals surface area contributed by atoms with E-state index in [1.807, 2.05) is 18.2 Å². The Balaban J connectivity index is 1.70. The molecular formula is C28H32N8. The molecule has 5 aromatic rings. The van der Waals surface area contributed by atoms with E-state index in [4.69, 9.17) is 4.98 Å². The van der Waals surface area contributed by atoms with Gasteiger partial charge >= 0.3 is 0 Å². The van der Waals surface area contributed by atoms with Gasteiger partial charge in [-0.3, -0.25) is 0 Å². The number of tetrazole rings is 1. The van der Waals surface area contributed by atoms with Gasteiger partial charge < -0.3 is 4.57 Å². The number of benzene rings is 2. The molecule has 0 saturated carbocycles. The number of imidazole rings is 1. The lowest BCUT2D eigenvalue weighted by Crippen LogP contribution is -2.15. The maximum absolute atomic E-state index is 5.16. The van der Waals surface area contributed by atoms with Gasteiger partial charge in [0.1, 0.15) is 11.3 Å². The molecule has 0 fully saturated rings. The number of aromatic nitrogens is 8. The van der Waals surface area contributed by atoms with E-state index in [9.17, 15) is 0 Å². The summed E-state index contributed by atoms with van der Waals surface area (Å²) in [6, 6.07) is 16.7. The van der Waals surface area contributed by atoms with E-state index in [0.29, 0.717) is 12.4 Å². The van der Waals surface area contributed by atoms with Gasteiger partial charge in [0.2, 0.25) is 5.82 Å². The molecule has 0 radical (unpaired) electrons. The van der Waals surface area contributed by atoms with Gasteiger partial charge in [0, 0.05) is 12.0 Å². The minimum atomic E-state index is 0.0868. The first-order valence-corrected chi connectivity index (χ1v) is 12.5. The average molecular weight is 481 g/mol. The predicted molar refractivity (Wildman–Crippen MR) is 141 cm³/mol. The number of rotatable bonds is 7. The molecule has 36 heavy (non-hydrogen) atoms. The normalized spacial score (nSPS) is 11.9. The molecule has 0 spiro atoms. The average Bonchev–Trinajstić information content (AvgIpc) is 3.52. The van der Waals surface area contributed by atoms with Crippen LogP contribution >= 0.6 is 0 Å². The summed E-state index contributed by atoms with van der Waals surface area (Å²) < 4.78 is 2.36. The molecule has 2 aromatic carbocycles. The SMILES string of the molecule is CCc1nnc(CC)c2c1nc(CC(C)(C)C)n2Cc1ccccc1-c1ccccc1-c1nn[nH]n1. The fraction of sp³-hybridized carbons (Fsp3) is 0.357. The van der Waals surface area contributed by atoms with Crippen LogP contribution in [0.3, 0.4) is 0 Å². The zero-order valence-corrected chi connectivity index (χ0v) is 21.6. The lowest BCUT2D eigenvalue weighted by Gasteiger charge is -2.20. The van der Waals surface area contributed by atoms with Crippen LogP contribution in [0, 0.1) is 5.41 Å². The summed E-state index contributed by atoms with van der Waals surface area (Å²) in [5, 5.41) is 23.9. The number of nitrogens with zero attached hydrogens (tertiary/aromatic N) is 7. The van der Waals surface area contributed by atoms with Crippen molar-refractivity contribution in [1.29, 1.82) is 0 Å². The van der Waals surface area contributed by atoms with Gasteiger partial charge in [-0.15, -0.1) is 10.2 Å². The molecule has 0 amide bonds. The Labute approximate surface area is 211 Å². The van der Waals surface area contributed by atoms with Crippen LogP contribution in [0.15, 0.2) is 48.5 Å². The number of nitrogens with one attached hydrogen (secondary N) is 1. The quantitative estimate of drug-likeness (QED) is 0.333. The van der Waals surface area contributed by atoms with Crippen molar-refractivity contribution in [1.82, 2.24) is 40.4 Å². The maximum Gasteiger partial charge on any atom is 0.205 e. The minimum Gasteiger partial charge on any atom is -0.322 e. The molecule has 3 aromatic heterocycles. The summed E-state index contributed by atoms with van der Waals surface area (Å²) in [4.78, 5) is 5.16. The topological polar surface area (TPSA) is 98.1 Å². The molecule has 0 aliphatic carbocycles. The highest BCUT2D eigenvalue weighted by Gasteiger charge is 2.23. The van der Waals surface area contributed by atoms with Gasteiger partial charge in [-0.25, -0.2) is 4.98 Å². The summed E-state index contributed by atoms with van der Waals surface area (Å²) in [7, 11) is 0. The minimum absolute atomic E-state index is 0.0868. The van der Waals surface area contributed by atoms with E-state index in [2.05, 4.69) is 100 Å². The second kappa shape index (κ2) is 9.60. The molecule has 184 valence electrons. The summed E-state index contributed by atoms with van der Waals surface area (Å²) in [6.45, 7) is 11.7. The van der Waals surface area contributed by atoms with E-state index >= 15 is 0 Å². The van der Waals surface area contributed by atoms with E-state index < -0.39 is 0 Å². The monoisotopic (exact) mass is 480 g/mol. The van der Waals surface area contributed by atoms with Crippen LogP contribution in [0.4, 0.5) is 0 Å². The second-order valence-corrected chi connectivity index (χ2v) is 10.3. The van der Waals surface area contributed by atoms with Crippen molar-refractivity contribution in [2.75, 3.05) is 0 Å². The first-order valence-electron chi connectivity index (χ1n) is 12.5. The molecule has 5 rings (SSSR count). The van der Waals surface area contributed by atoms with Crippen molar-refractivity contribution in [3.05, 3.63) is 71.3 Å². The number of hydrogen-bond donors (Lipinski definition) is 1. The van der Waals surface area contributed by atoms with Crippen molar-refractivity contribution in [3.63, 3.8) is 0 Å². The van der Waals surface area contributed by atoms with Crippen LogP contribution in [0.5, 0.6) is 0 Å². The van der Waals surface area contributed by atoms with Crippen molar-refractivity contribution < 1.29 is 0 Å². The van der Waals surface area contributed by atoms with Crippen LogP contribution in [0.2, 0.25) is 0 Å². The fourth-order valence-electron chi connectivity index (χ4n) is 4.74. The molecular weight excluding hydrogens is 448 g/mol. The third-order valence-electron chi connectivity index (χ3n) is 6.39. The third-order valence-corrected chi connectivity index (χ3v) is 6.39. The van der Waals surface area contributed by atoms with Crippen LogP contribution < -0.4 is 0 Å². The summed E-state index contributed by atoms with van der Waals surface area (Å²) in [6.07, 6.45) is 2.46. The molecule has 3 heterocycles. The van der Waals surface area contributed by atoms with Crippen LogP contribution in [-0.4, -0.2) is 40.4 Å². The highest BCUT2D eigenvalue weighted by Crippen LogP contribution is 2.34. The van der Waals surface area contributed by atoms with Gasteiger partial charge in [0.05, 0.1) is 23.4 Å². The molecule has 1 N–H and O–H groups in total. The standard InChI is InChI=1S/C28H32N8/c1-6-22-25-26(23(7-2)31-30-22)36(24(29-25)16-28(3,4)5)17-18-12-8-9-13-19(18)20-14-10-11-15-21(20)27-32-34-35-33-27/h8-15H,6-7,16-17H2,1-5H3,(H,32,33,34,35). The van der Waals surface area contributed by atoms with Crippen LogP contribution in [-0.2, 0) is 25.8 Å². The van der Waals surface area contributed by atoms with E-state index in [0.717, 1.165) is 64.2 Å². The summed E-state index contributed by atoms with van der Waals surface area (Å²) in [5.41, 5.74) is 8.45. The van der Waals surface area contributed by atoms with E-state index in [1.54, 1.807) is 0 Å². The second-order valence-electron chi connectivity index (χ2n) is 10.3. The molecule has 0 bridgehead atoms. The van der Waals surface area contributed by atoms with Crippen LogP contribution in [0.25, 0.3) is 33.5 Å². The molecule has 0 saturated heterocycles. The van der Waals surface area contributed by atoms with Crippen molar-refractivity contribution in [2.45, 2.75) is 60.4 Å². The molecule has 0 atom stereocenters. The Morgan fingerprint density at radius 2 is 1.47 bits per heavy atom. The van der Waals surface area contributed by atoms with E-state index in [1.165, 1.54) is 5.56 Å². The third kappa shape index (κ3) is 4.51. The van der Waals surface area contributed by atoms with Gasteiger partial charge in [-0.1, -0.05) is 83.1 Å². The van der Waals surface area contributed by atoms with E-state index in [-0.39, 0.29) is 5.41 Å². The Hall–Kier alpha value is -3.94. The molecule has 0 unspecified atom stereocenters. The number of aromatic amines is 1. The summed E-state index contributed by atoms with van der Waals surface area (Å²) >= 11 is 0. The van der Waals surface area contributed by atoms with Gasteiger partial charge in [-0.2, -0.15) is 15.4 Å². The van der Waals surface area contributed by atoms with Gasteiger partial charge in [-0.05, 0) is 40.2 Å². The Morgan fingerprint density at radius 1 is 0.806 bits per heavy atom. The number of aryl methyl sites for hydroxylation is 2. The van der Waals surface area contributed by atoms with Crippen molar-refractivity contribution >= 4 is 11.0 Å². The number of fused-ring (bicyclic) bond motifs is 1. The molecule has 8 heteroatoms. The highest BCUT2D eigenvalue weighted by molar-refractivity contribution is 5.83. The molecule has 0 aliphatic rings. The zero-order chi connectivity index (χ0) is 25.3. The zero-order valence-electron chi connectivity index (χ0n) is 21.6. The largest absolute Gasteiger partial charge is 0.322 e. The Morgan fingerprint density at radius 3 is 2.14 bits per heavy atom. The smallest absolute Gasteiger partial charge is 0.205 e. The lowest BCUT2D eigenvalue weighted by atomic mass is 9.91. The number of H-pyrrole nitrogens is 1. The van der Waals surface area contributed by atoms with Gasteiger partial charge in [0.15, 0.2) is 0 Å². The van der Waals surface area contributed by atoms with Gasteiger partial charge in [0.25, 0.3) is 0 Å². The van der Waals surface area contributed by atoms with Crippen molar-refractivity contribution in [2.24, 2.45) is 5.41 Å². The predicted octanol–water partition coefficient (Wildman–Crippen LogP) is 5.44. The fourth-order valence-corrected chi connectivity index (χ4v) is 4.74. The lowest BCUT2D eigenvalue weighted by molar-refractivity contribution is 0.394. The first kappa shape index (κ1) is 23.8. The number of hydrogen-bond acceptors (Lipinski definition) is 6. The Kier molecular flexibility index (Phi) is 6.35. The highest BCUT2D eigenvalue weighted by atomic mass is 15.5. The summed E-state index contributed by atoms with van der Waals surface area (Å²) in [5.74, 6) is 1.65. The first-order chi connectivity index (χ1) is 17.4. The Bertz CT molecular complexity index is 1490. The van der Waals surface area contributed by atoms with Crippen LogP contribution in [0.1, 0.15) is 57.4 Å². The molecule has 0 aliphatic heterocycles. The maximum atomic E-state index is 5.16. The van der Waals surface area contributed by atoms with Crippen molar-refractivity contribution in [3.8, 4) is 22.5 Å².